The number of nitrogens with zero attached hydrogens (tertiary/aromatic N) is 1. The van der Waals surface area contributed by atoms with E-state index >= 15 is 0 Å². The van der Waals surface area contributed by atoms with E-state index in [1.54, 1.807) is 0 Å². The number of likely N-dealkylation sites (tertiary alicyclic amines) is 1. The zero-order valence-electron chi connectivity index (χ0n) is 10.5. The molecule has 15 heavy (non-hydrogen) atoms. The van der Waals surface area contributed by atoms with Crippen LogP contribution in [0.4, 0.5) is 0 Å². The molecule has 90 valence electrons. The third-order valence-electron chi connectivity index (χ3n) is 3.11. The average molecular weight is 213 g/mol. The minimum atomic E-state index is 0.823. The molecule has 2 nitrogen and oxygen atoms in total. The van der Waals surface area contributed by atoms with E-state index in [2.05, 4.69) is 18.7 Å². The van der Waals surface area contributed by atoms with Crippen molar-refractivity contribution in [3.05, 3.63) is 0 Å². The second kappa shape index (κ2) is 8.12. The van der Waals surface area contributed by atoms with Gasteiger partial charge in [0, 0.05) is 25.6 Å². The summed E-state index contributed by atoms with van der Waals surface area (Å²) in [7, 11) is 0. The molecule has 0 N–H and O–H groups in total. The van der Waals surface area contributed by atoms with E-state index in [-0.39, 0.29) is 0 Å². The van der Waals surface area contributed by atoms with Gasteiger partial charge in [-0.2, -0.15) is 0 Å². The quantitative estimate of drug-likeness (QED) is 0.546. The number of hydrogen-bond donors (Lipinski definition) is 0. The van der Waals surface area contributed by atoms with Gasteiger partial charge >= 0.3 is 0 Å². The molecular weight excluding hydrogens is 186 g/mol. The predicted octanol–water partition coefficient (Wildman–Crippen LogP) is 2.93. The molecule has 1 rings (SSSR count). The molecule has 0 unspecified atom stereocenters. The van der Waals surface area contributed by atoms with E-state index in [9.17, 15) is 0 Å². The third-order valence-corrected chi connectivity index (χ3v) is 3.11. The van der Waals surface area contributed by atoms with E-state index in [1.807, 2.05) is 0 Å². The summed E-state index contributed by atoms with van der Waals surface area (Å²) in [5, 5.41) is 0. The molecule has 1 heterocycles. The lowest BCUT2D eigenvalue weighted by molar-refractivity contribution is 0.0133. The molecule has 0 aliphatic carbocycles. The molecule has 0 radical (unpaired) electrons. The minimum Gasteiger partial charge on any atom is -0.381 e. The van der Waals surface area contributed by atoms with Crippen molar-refractivity contribution in [2.75, 3.05) is 32.8 Å². The first-order valence-corrected chi connectivity index (χ1v) is 6.66. The number of rotatable bonds is 9. The van der Waals surface area contributed by atoms with Gasteiger partial charge in [-0.3, -0.25) is 0 Å². The van der Waals surface area contributed by atoms with Crippen molar-refractivity contribution >= 4 is 0 Å². The van der Waals surface area contributed by atoms with Crippen molar-refractivity contribution in [3.8, 4) is 0 Å². The van der Waals surface area contributed by atoms with Crippen LogP contribution in [0.3, 0.4) is 0 Å². The van der Waals surface area contributed by atoms with Gasteiger partial charge in [0.15, 0.2) is 0 Å². The van der Waals surface area contributed by atoms with Crippen molar-refractivity contribution < 1.29 is 4.74 Å². The molecule has 1 aliphatic heterocycles. The molecule has 0 aromatic rings. The summed E-state index contributed by atoms with van der Waals surface area (Å²) in [5.74, 6) is 0.823. The highest BCUT2D eigenvalue weighted by Crippen LogP contribution is 2.16. The number of ether oxygens (including phenoxy) is 1. The Bertz CT molecular complexity index is 143. The molecule has 0 spiro atoms. The molecule has 1 aliphatic rings. The SMILES string of the molecule is CCCCCN1CC(COCCCC)C1. The van der Waals surface area contributed by atoms with Gasteiger partial charge in [0.25, 0.3) is 0 Å². The van der Waals surface area contributed by atoms with Crippen LogP contribution in [0.25, 0.3) is 0 Å². The van der Waals surface area contributed by atoms with Gasteiger partial charge in [0.2, 0.25) is 0 Å². The minimum absolute atomic E-state index is 0.823. The van der Waals surface area contributed by atoms with Crippen molar-refractivity contribution in [1.82, 2.24) is 4.90 Å². The summed E-state index contributed by atoms with van der Waals surface area (Å²) in [4.78, 5) is 2.56. The van der Waals surface area contributed by atoms with Crippen LogP contribution in [0.15, 0.2) is 0 Å². The van der Waals surface area contributed by atoms with Crippen molar-refractivity contribution in [2.24, 2.45) is 5.92 Å². The zero-order chi connectivity index (χ0) is 10.9. The van der Waals surface area contributed by atoms with Crippen LogP contribution >= 0.6 is 0 Å². The maximum atomic E-state index is 5.63. The van der Waals surface area contributed by atoms with Crippen molar-refractivity contribution in [2.45, 2.75) is 46.0 Å². The topological polar surface area (TPSA) is 12.5 Å². The van der Waals surface area contributed by atoms with Gasteiger partial charge in [-0.25, -0.2) is 0 Å². The van der Waals surface area contributed by atoms with Crippen LogP contribution in [0.5, 0.6) is 0 Å². The first kappa shape index (κ1) is 13.0. The fourth-order valence-corrected chi connectivity index (χ4v) is 2.05. The monoisotopic (exact) mass is 213 g/mol. The first-order chi connectivity index (χ1) is 7.36. The molecule has 1 fully saturated rings. The van der Waals surface area contributed by atoms with Gasteiger partial charge in [-0.15, -0.1) is 0 Å². The summed E-state index contributed by atoms with van der Waals surface area (Å²) in [5.41, 5.74) is 0. The lowest BCUT2D eigenvalue weighted by atomic mass is 10.0. The van der Waals surface area contributed by atoms with Gasteiger partial charge in [-0.05, 0) is 19.4 Å². The Morgan fingerprint density at radius 3 is 2.47 bits per heavy atom. The highest BCUT2D eigenvalue weighted by molar-refractivity contribution is 4.79. The van der Waals surface area contributed by atoms with Crippen LogP contribution in [0.2, 0.25) is 0 Å². The molecular formula is C13H27NO. The Kier molecular flexibility index (Phi) is 7.03. The van der Waals surface area contributed by atoms with E-state index < -0.39 is 0 Å². The summed E-state index contributed by atoms with van der Waals surface area (Å²) in [6.07, 6.45) is 6.55. The Morgan fingerprint density at radius 1 is 1.07 bits per heavy atom. The Balaban J connectivity index is 1.83. The Labute approximate surface area is 95.0 Å². The summed E-state index contributed by atoms with van der Waals surface area (Å²) in [6.45, 7) is 10.3. The van der Waals surface area contributed by atoms with Crippen LogP contribution in [0, 0.1) is 5.92 Å². The van der Waals surface area contributed by atoms with Gasteiger partial charge in [0.1, 0.15) is 0 Å². The highest BCUT2D eigenvalue weighted by Gasteiger charge is 2.25. The summed E-state index contributed by atoms with van der Waals surface area (Å²) in [6, 6.07) is 0. The van der Waals surface area contributed by atoms with E-state index in [4.69, 9.17) is 4.74 Å². The maximum Gasteiger partial charge on any atom is 0.0518 e. The van der Waals surface area contributed by atoms with Gasteiger partial charge < -0.3 is 9.64 Å². The Hall–Kier alpha value is -0.0800. The van der Waals surface area contributed by atoms with Crippen molar-refractivity contribution in [3.63, 3.8) is 0 Å². The molecule has 0 aromatic carbocycles. The second-order valence-electron chi connectivity index (χ2n) is 4.76. The van der Waals surface area contributed by atoms with Crippen LogP contribution in [0.1, 0.15) is 46.0 Å². The van der Waals surface area contributed by atoms with Crippen LogP contribution in [-0.4, -0.2) is 37.7 Å². The smallest absolute Gasteiger partial charge is 0.0518 e. The molecule has 0 saturated carbocycles. The number of hydrogen-bond acceptors (Lipinski definition) is 2. The zero-order valence-corrected chi connectivity index (χ0v) is 10.5. The average Bonchev–Trinajstić information content (AvgIpc) is 2.19. The Morgan fingerprint density at radius 2 is 1.80 bits per heavy atom. The van der Waals surface area contributed by atoms with Crippen LogP contribution < -0.4 is 0 Å². The summed E-state index contributed by atoms with van der Waals surface area (Å²) >= 11 is 0. The lowest BCUT2D eigenvalue weighted by Gasteiger charge is -2.39. The van der Waals surface area contributed by atoms with E-state index in [0.717, 1.165) is 19.1 Å². The molecule has 1 saturated heterocycles. The maximum absolute atomic E-state index is 5.63. The molecule has 0 aromatic heterocycles. The highest BCUT2D eigenvalue weighted by atomic mass is 16.5. The molecule has 0 amide bonds. The first-order valence-electron chi connectivity index (χ1n) is 6.66. The van der Waals surface area contributed by atoms with E-state index in [1.165, 1.54) is 51.7 Å². The number of unbranched alkanes of at least 4 members (excludes halogenated alkanes) is 3. The fraction of sp³-hybridized carbons (Fsp3) is 1.00. The lowest BCUT2D eigenvalue weighted by Crippen LogP contribution is -2.48. The fourth-order valence-electron chi connectivity index (χ4n) is 2.05. The van der Waals surface area contributed by atoms with Crippen LogP contribution in [-0.2, 0) is 4.74 Å². The second-order valence-corrected chi connectivity index (χ2v) is 4.76. The molecule has 0 atom stereocenters. The summed E-state index contributed by atoms with van der Waals surface area (Å²) < 4.78 is 5.63. The normalized spacial score (nSPS) is 18.0. The van der Waals surface area contributed by atoms with Gasteiger partial charge in [-0.1, -0.05) is 33.1 Å². The largest absolute Gasteiger partial charge is 0.381 e. The van der Waals surface area contributed by atoms with Crippen molar-refractivity contribution in [1.29, 1.82) is 0 Å². The molecule has 2 heteroatoms. The third kappa shape index (κ3) is 5.53. The van der Waals surface area contributed by atoms with Gasteiger partial charge in [0.05, 0.1) is 6.61 Å². The predicted molar refractivity (Wildman–Crippen MR) is 65.2 cm³/mol. The standard InChI is InChI=1S/C13H27NO/c1-3-5-7-8-14-10-13(11-14)12-15-9-6-4-2/h13H,3-12H2,1-2H3. The van der Waals surface area contributed by atoms with E-state index in [0.29, 0.717) is 0 Å². The molecule has 0 bridgehead atoms.